The number of anilines is 1. The van der Waals surface area contributed by atoms with Gasteiger partial charge >= 0.3 is 5.97 Å². The van der Waals surface area contributed by atoms with Crippen molar-refractivity contribution in [2.75, 3.05) is 11.9 Å². The maximum atomic E-state index is 12.8. The van der Waals surface area contributed by atoms with Crippen molar-refractivity contribution in [3.8, 4) is 11.3 Å². The molecule has 178 valence electrons. The first-order valence-corrected chi connectivity index (χ1v) is 11.6. The first-order chi connectivity index (χ1) is 16.6. The lowest BCUT2D eigenvalue weighted by molar-refractivity contribution is -0.127. The maximum Gasteiger partial charge on any atom is 0.335 e. The predicted molar refractivity (Wildman–Crippen MR) is 133 cm³/mol. The second-order valence-corrected chi connectivity index (χ2v) is 9.19. The van der Waals surface area contributed by atoms with Crippen LogP contribution in [0.15, 0.2) is 57.9 Å². The van der Waals surface area contributed by atoms with Crippen LogP contribution in [0.2, 0.25) is 5.02 Å². The highest BCUT2D eigenvalue weighted by molar-refractivity contribution is 8.18. The van der Waals surface area contributed by atoms with Gasteiger partial charge in [0.2, 0.25) is 5.91 Å². The Hall–Kier alpha value is -3.82. The molecule has 0 saturated carbocycles. The number of nitrogens with zero attached hydrogens (tertiary/aromatic N) is 1. The number of amides is 3. The third-order valence-corrected chi connectivity index (χ3v) is 6.54. The largest absolute Gasteiger partial charge is 0.478 e. The number of carbonyl (C=O) groups is 4. The average Bonchev–Trinajstić information content (AvgIpc) is 3.37. The van der Waals surface area contributed by atoms with Crippen LogP contribution in [0.3, 0.4) is 0 Å². The smallest absolute Gasteiger partial charge is 0.335 e. The molecule has 2 aromatic carbocycles. The van der Waals surface area contributed by atoms with Crippen LogP contribution >= 0.6 is 23.4 Å². The topological polar surface area (TPSA) is 117 Å². The van der Waals surface area contributed by atoms with E-state index in [-0.39, 0.29) is 16.2 Å². The van der Waals surface area contributed by atoms with Crippen LogP contribution in [-0.2, 0) is 9.59 Å². The standard InChI is InChI=1S/C25H19ClN2O6S/c1-13-4-3-5-14(2)22(13)27-21(29)12-28-23(30)20(35-25(28)33)11-16-7-9-19(34-16)17-10-15(24(31)32)6-8-18(17)26/h3-11H,12H2,1-2H3,(H,27,29)(H,31,32)/b20-11-. The van der Waals surface area contributed by atoms with E-state index in [9.17, 15) is 24.3 Å². The minimum atomic E-state index is -1.11. The molecule has 0 bridgehead atoms. The van der Waals surface area contributed by atoms with Crippen LogP contribution in [0, 0.1) is 13.8 Å². The van der Waals surface area contributed by atoms with Crippen molar-refractivity contribution in [2.24, 2.45) is 0 Å². The molecule has 4 rings (SSSR count). The van der Waals surface area contributed by atoms with Crippen molar-refractivity contribution in [2.45, 2.75) is 13.8 Å². The summed E-state index contributed by atoms with van der Waals surface area (Å²) in [6.45, 7) is 3.29. The molecule has 3 aromatic rings. The number of rotatable bonds is 6. The highest BCUT2D eigenvalue weighted by Gasteiger charge is 2.36. The van der Waals surface area contributed by atoms with Gasteiger partial charge in [-0.15, -0.1) is 0 Å². The van der Waals surface area contributed by atoms with Crippen LogP contribution in [0.1, 0.15) is 27.2 Å². The second-order valence-electron chi connectivity index (χ2n) is 7.78. The van der Waals surface area contributed by atoms with Crippen molar-refractivity contribution in [1.29, 1.82) is 0 Å². The summed E-state index contributed by atoms with van der Waals surface area (Å²) in [5.41, 5.74) is 2.81. The summed E-state index contributed by atoms with van der Waals surface area (Å²) < 4.78 is 5.72. The number of imide groups is 1. The molecule has 1 aromatic heterocycles. The number of hydrogen-bond donors (Lipinski definition) is 2. The molecule has 35 heavy (non-hydrogen) atoms. The van der Waals surface area contributed by atoms with E-state index >= 15 is 0 Å². The molecular formula is C25H19ClN2O6S. The van der Waals surface area contributed by atoms with E-state index in [2.05, 4.69) is 5.32 Å². The van der Waals surface area contributed by atoms with Gasteiger partial charge in [-0.3, -0.25) is 19.3 Å². The molecule has 0 unspecified atom stereocenters. The van der Waals surface area contributed by atoms with Crippen LogP contribution in [0.4, 0.5) is 10.5 Å². The summed E-state index contributed by atoms with van der Waals surface area (Å²) in [7, 11) is 0. The van der Waals surface area contributed by atoms with Gasteiger partial charge in [-0.05, 0) is 67.1 Å². The number of carboxylic acids is 1. The molecule has 3 amide bonds. The Morgan fingerprint density at radius 1 is 1.11 bits per heavy atom. The fourth-order valence-corrected chi connectivity index (χ4v) is 4.55. The molecule has 1 saturated heterocycles. The molecular weight excluding hydrogens is 492 g/mol. The Labute approximate surface area is 209 Å². The number of para-hydroxylation sites is 1. The number of aryl methyl sites for hydroxylation is 2. The number of carboxylic acid groups (broad SMARTS) is 1. The summed E-state index contributed by atoms with van der Waals surface area (Å²) in [4.78, 5) is 50.0. The molecule has 0 aliphatic carbocycles. The zero-order valence-electron chi connectivity index (χ0n) is 18.6. The molecule has 10 heteroatoms. The van der Waals surface area contributed by atoms with Gasteiger partial charge in [-0.2, -0.15) is 0 Å². The lowest BCUT2D eigenvalue weighted by Gasteiger charge is -2.15. The van der Waals surface area contributed by atoms with Gasteiger partial charge in [0.15, 0.2) is 0 Å². The van der Waals surface area contributed by atoms with Gasteiger partial charge in [-0.1, -0.05) is 29.8 Å². The minimum Gasteiger partial charge on any atom is -0.478 e. The van der Waals surface area contributed by atoms with Crippen molar-refractivity contribution in [3.05, 3.63) is 80.9 Å². The van der Waals surface area contributed by atoms with E-state index in [0.717, 1.165) is 16.0 Å². The highest BCUT2D eigenvalue weighted by Crippen LogP contribution is 2.35. The Morgan fingerprint density at radius 2 is 1.83 bits per heavy atom. The van der Waals surface area contributed by atoms with Gasteiger partial charge in [0.05, 0.1) is 15.5 Å². The summed E-state index contributed by atoms with van der Waals surface area (Å²) in [6.07, 6.45) is 1.40. The van der Waals surface area contributed by atoms with Crippen molar-refractivity contribution in [3.63, 3.8) is 0 Å². The van der Waals surface area contributed by atoms with Crippen LogP contribution < -0.4 is 5.32 Å². The van der Waals surface area contributed by atoms with Crippen LogP contribution in [0.25, 0.3) is 17.4 Å². The first-order valence-electron chi connectivity index (χ1n) is 10.4. The van der Waals surface area contributed by atoms with Gasteiger partial charge in [0.25, 0.3) is 11.1 Å². The van der Waals surface area contributed by atoms with Crippen molar-refractivity contribution < 1.29 is 28.7 Å². The summed E-state index contributed by atoms with van der Waals surface area (Å²) in [5, 5.41) is 11.7. The van der Waals surface area contributed by atoms with E-state index in [1.54, 1.807) is 12.1 Å². The van der Waals surface area contributed by atoms with E-state index < -0.39 is 29.6 Å². The molecule has 8 nitrogen and oxygen atoms in total. The SMILES string of the molecule is Cc1cccc(C)c1NC(=O)CN1C(=O)S/C(=C\c2ccc(-c3cc(C(=O)O)ccc3Cl)o2)C1=O. The lowest BCUT2D eigenvalue weighted by Crippen LogP contribution is -2.36. The fourth-order valence-electron chi connectivity index (χ4n) is 3.52. The minimum absolute atomic E-state index is 0.0441. The third-order valence-electron chi connectivity index (χ3n) is 5.30. The van der Waals surface area contributed by atoms with E-state index in [1.807, 2.05) is 32.0 Å². The number of halogens is 1. The lowest BCUT2D eigenvalue weighted by atomic mass is 10.1. The van der Waals surface area contributed by atoms with E-state index in [1.165, 1.54) is 24.3 Å². The van der Waals surface area contributed by atoms with E-state index in [0.29, 0.717) is 33.8 Å². The zero-order chi connectivity index (χ0) is 25.3. The molecule has 0 spiro atoms. The number of furan rings is 1. The summed E-state index contributed by atoms with van der Waals surface area (Å²) >= 11 is 6.89. The predicted octanol–water partition coefficient (Wildman–Crippen LogP) is 5.59. The molecule has 1 aliphatic rings. The van der Waals surface area contributed by atoms with E-state index in [4.69, 9.17) is 16.0 Å². The molecule has 1 fully saturated rings. The molecule has 2 heterocycles. The highest BCUT2D eigenvalue weighted by atomic mass is 35.5. The molecule has 0 atom stereocenters. The van der Waals surface area contributed by atoms with Crippen molar-refractivity contribution >= 4 is 58.1 Å². The molecule has 0 radical (unpaired) electrons. The number of nitrogens with one attached hydrogen (secondary N) is 1. The van der Waals surface area contributed by atoms with Crippen LogP contribution in [0.5, 0.6) is 0 Å². The van der Waals surface area contributed by atoms with Gasteiger partial charge in [-0.25, -0.2) is 4.79 Å². The van der Waals surface area contributed by atoms with Gasteiger partial charge in [0, 0.05) is 17.3 Å². The van der Waals surface area contributed by atoms with Crippen LogP contribution in [-0.4, -0.2) is 39.6 Å². The monoisotopic (exact) mass is 510 g/mol. The van der Waals surface area contributed by atoms with Gasteiger partial charge in [0.1, 0.15) is 18.1 Å². The van der Waals surface area contributed by atoms with Crippen molar-refractivity contribution in [1.82, 2.24) is 4.90 Å². The zero-order valence-corrected chi connectivity index (χ0v) is 20.2. The molecule has 2 N–H and O–H groups in total. The van der Waals surface area contributed by atoms with Gasteiger partial charge < -0.3 is 14.8 Å². The normalized spacial score (nSPS) is 14.6. The number of aromatic carboxylic acids is 1. The summed E-state index contributed by atoms with van der Waals surface area (Å²) in [6, 6.07) is 13.0. The quantitative estimate of drug-likeness (QED) is 0.415. The number of hydrogen-bond acceptors (Lipinski definition) is 6. The fraction of sp³-hybridized carbons (Fsp3) is 0.120. The number of benzene rings is 2. The first kappa shape index (κ1) is 24.3. The Balaban J connectivity index is 1.50. The number of carbonyl (C=O) groups excluding carboxylic acids is 3. The maximum absolute atomic E-state index is 12.8. The average molecular weight is 511 g/mol. The Morgan fingerprint density at radius 3 is 2.51 bits per heavy atom. The Bertz CT molecular complexity index is 1390. The molecule has 1 aliphatic heterocycles. The number of thioether (sulfide) groups is 1. The second kappa shape index (κ2) is 9.81. The summed E-state index contributed by atoms with van der Waals surface area (Å²) in [5.74, 6) is -1.64. The third kappa shape index (κ3) is 5.16. The Kier molecular flexibility index (Phi) is 6.81.